The highest BCUT2D eigenvalue weighted by Gasteiger charge is 2.13. The van der Waals surface area contributed by atoms with Gasteiger partial charge in [0.15, 0.2) is 0 Å². The van der Waals surface area contributed by atoms with Crippen molar-refractivity contribution in [2.75, 3.05) is 32.8 Å². The minimum Gasteiger partial charge on any atom is -0.379 e. The molecule has 1 aromatic carbocycles. The van der Waals surface area contributed by atoms with Gasteiger partial charge in [-0.25, -0.2) is 4.39 Å². The van der Waals surface area contributed by atoms with E-state index in [-0.39, 0.29) is 5.82 Å². The fraction of sp³-hybridized carbons (Fsp3) is 0.625. The van der Waals surface area contributed by atoms with Crippen LogP contribution in [0.4, 0.5) is 4.39 Å². The van der Waals surface area contributed by atoms with Crippen LogP contribution < -0.4 is 5.32 Å². The molecule has 0 atom stereocenters. The second kappa shape index (κ2) is 7.72. The summed E-state index contributed by atoms with van der Waals surface area (Å²) in [6.45, 7) is 10.1. The Morgan fingerprint density at radius 3 is 2.75 bits per heavy atom. The van der Waals surface area contributed by atoms with Gasteiger partial charge in [0.1, 0.15) is 5.82 Å². The Labute approximate surface area is 121 Å². The van der Waals surface area contributed by atoms with Crippen LogP contribution >= 0.6 is 0 Å². The van der Waals surface area contributed by atoms with E-state index in [4.69, 9.17) is 4.74 Å². The summed E-state index contributed by atoms with van der Waals surface area (Å²) < 4.78 is 19.2. The average Bonchev–Trinajstić information content (AvgIpc) is 2.43. The van der Waals surface area contributed by atoms with Gasteiger partial charge in [0, 0.05) is 31.7 Å². The van der Waals surface area contributed by atoms with E-state index in [1.807, 2.05) is 12.1 Å². The summed E-state index contributed by atoms with van der Waals surface area (Å²) in [7, 11) is 0. The fourth-order valence-electron chi connectivity index (χ4n) is 2.36. The molecule has 4 heteroatoms. The summed E-state index contributed by atoms with van der Waals surface area (Å²) in [5, 5.41) is 3.40. The second-order valence-corrected chi connectivity index (χ2v) is 5.84. The normalized spacial score (nSPS) is 16.8. The van der Waals surface area contributed by atoms with Gasteiger partial charge < -0.3 is 10.1 Å². The molecule has 20 heavy (non-hydrogen) atoms. The highest BCUT2D eigenvalue weighted by atomic mass is 19.1. The van der Waals surface area contributed by atoms with Crippen molar-refractivity contribution in [1.82, 2.24) is 10.2 Å². The summed E-state index contributed by atoms with van der Waals surface area (Å²) in [6, 6.07) is 5.44. The van der Waals surface area contributed by atoms with Crippen LogP contribution in [0.25, 0.3) is 0 Å². The van der Waals surface area contributed by atoms with Crippen molar-refractivity contribution in [3.63, 3.8) is 0 Å². The van der Waals surface area contributed by atoms with Gasteiger partial charge in [-0.05, 0) is 24.1 Å². The van der Waals surface area contributed by atoms with Crippen molar-refractivity contribution in [2.45, 2.75) is 26.9 Å². The van der Waals surface area contributed by atoms with Crippen LogP contribution in [0.3, 0.4) is 0 Å². The molecular formula is C16H25FN2O. The minimum atomic E-state index is -0.107. The summed E-state index contributed by atoms with van der Waals surface area (Å²) in [6.07, 6.45) is 0. The first-order valence-corrected chi connectivity index (χ1v) is 7.43. The van der Waals surface area contributed by atoms with Crippen LogP contribution in [0.5, 0.6) is 0 Å². The maximum absolute atomic E-state index is 13.9. The Balaban J connectivity index is 1.93. The molecule has 1 fully saturated rings. The van der Waals surface area contributed by atoms with E-state index >= 15 is 0 Å². The number of nitrogens with one attached hydrogen (secondary N) is 1. The predicted octanol–water partition coefficient (Wildman–Crippen LogP) is 2.40. The molecule has 1 aromatic rings. The first kappa shape index (κ1) is 15.4. The number of ether oxygens (including phenoxy) is 1. The number of nitrogens with zero attached hydrogens (tertiary/aromatic N) is 1. The Morgan fingerprint density at radius 2 is 2.05 bits per heavy atom. The van der Waals surface area contributed by atoms with Crippen LogP contribution in [-0.4, -0.2) is 37.7 Å². The van der Waals surface area contributed by atoms with Gasteiger partial charge in [-0.1, -0.05) is 26.0 Å². The van der Waals surface area contributed by atoms with Crippen molar-refractivity contribution in [1.29, 1.82) is 0 Å². The summed E-state index contributed by atoms with van der Waals surface area (Å²) >= 11 is 0. The average molecular weight is 280 g/mol. The third-order valence-corrected chi connectivity index (χ3v) is 3.49. The largest absolute Gasteiger partial charge is 0.379 e. The van der Waals surface area contributed by atoms with E-state index in [0.717, 1.165) is 50.5 Å². The van der Waals surface area contributed by atoms with Gasteiger partial charge in [0.25, 0.3) is 0 Å². The fourth-order valence-corrected chi connectivity index (χ4v) is 2.36. The Bertz CT molecular complexity index is 417. The number of benzene rings is 1. The van der Waals surface area contributed by atoms with Gasteiger partial charge in [0.05, 0.1) is 13.2 Å². The smallest absolute Gasteiger partial charge is 0.127 e. The molecule has 0 saturated carbocycles. The Morgan fingerprint density at radius 1 is 1.30 bits per heavy atom. The maximum atomic E-state index is 13.9. The quantitative estimate of drug-likeness (QED) is 0.866. The monoisotopic (exact) mass is 280 g/mol. The molecule has 1 N–H and O–H groups in total. The van der Waals surface area contributed by atoms with Crippen molar-refractivity contribution in [2.24, 2.45) is 5.92 Å². The van der Waals surface area contributed by atoms with Gasteiger partial charge in [0.2, 0.25) is 0 Å². The summed E-state index contributed by atoms with van der Waals surface area (Å²) in [5.74, 6) is 0.521. The lowest BCUT2D eigenvalue weighted by Crippen LogP contribution is -2.35. The van der Waals surface area contributed by atoms with Crippen LogP contribution in [0.15, 0.2) is 18.2 Å². The zero-order valence-electron chi connectivity index (χ0n) is 12.5. The van der Waals surface area contributed by atoms with E-state index in [0.29, 0.717) is 12.5 Å². The molecule has 1 aliphatic heterocycles. The Hall–Kier alpha value is -0.970. The molecule has 0 amide bonds. The van der Waals surface area contributed by atoms with Gasteiger partial charge in [-0.2, -0.15) is 0 Å². The minimum absolute atomic E-state index is 0.107. The van der Waals surface area contributed by atoms with E-state index in [9.17, 15) is 4.39 Å². The van der Waals surface area contributed by atoms with Crippen molar-refractivity contribution < 1.29 is 9.13 Å². The molecule has 0 spiro atoms. The Kier molecular flexibility index (Phi) is 5.95. The summed E-state index contributed by atoms with van der Waals surface area (Å²) in [4.78, 5) is 2.24. The van der Waals surface area contributed by atoms with E-state index in [1.54, 1.807) is 6.07 Å². The molecule has 0 aliphatic carbocycles. The molecule has 0 aromatic heterocycles. The number of rotatable bonds is 6. The van der Waals surface area contributed by atoms with Crippen molar-refractivity contribution >= 4 is 0 Å². The van der Waals surface area contributed by atoms with Crippen LogP contribution in [-0.2, 0) is 17.8 Å². The predicted molar refractivity (Wildman–Crippen MR) is 79.0 cm³/mol. The lowest BCUT2D eigenvalue weighted by molar-refractivity contribution is 0.0337. The molecular weight excluding hydrogens is 255 g/mol. The van der Waals surface area contributed by atoms with Crippen LogP contribution in [0, 0.1) is 11.7 Å². The van der Waals surface area contributed by atoms with E-state index < -0.39 is 0 Å². The van der Waals surface area contributed by atoms with Crippen molar-refractivity contribution in [3.05, 3.63) is 35.1 Å². The number of morpholine rings is 1. The highest BCUT2D eigenvalue weighted by molar-refractivity contribution is 5.25. The van der Waals surface area contributed by atoms with Crippen molar-refractivity contribution in [3.8, 4) is 0 Å². The third-order valence-electron chi connectivity index (χ3n) is 3.49. The van der Waals surface area contributed by atoms with Crippen LogP contribution in [0.2, 0.25) is 0 Å². The molecule has 1 saturated heterocycles. The van der Waals surface area contributed by atoms with Crippen LogP contribution in [0.1, 0.15) is 25.0 Å². The molecule has 0 bridgehead atoms. The first-order chi connectivity index (χ1) is 9.65. The highest BCUT2D eigenvalue weighted by Crippen LogP contribution is 2.14. The molecule has 0 unspecified atom stereocenters. The molecule has 0 radical (unpaired) electrons. The first-order valence-electron chi connectivity index (χ1n) is 7.43. The topological polar surface area (TPSA) is 24.5 Å². The van der Waals surface area contributed by atoms with Gasteiger partial charge in [-0.15, -0.1) is 0 Å². The molecule has 3 nitrogen and oxygen atoms in total. The zero-order valence-corrected chi connectivity index (χ0v) is 12.5. The second-order valence-electron chi connectivity index (χ2n) is 5.84. The third kappa shape index (κ3) is 4.85. The maximum Gasteiger partial charge on any atom is 0.127 e. The van der Waals surface area contributed by atoms with E-state index in [2.05, 4.69) is 24.1 Å². The lowest BCUT2D eigenvalue weighted by atomic mass is 10.1. The molecule has 1 heterocycles. The SMILES string of the molecule is CC(C)CNCc1ccc(F)c(CN2CCOCC2)c1. The zero-order chi connectivity index (χ0) is 14.4. The van der Waals surface area contributed by atoms with E-state index in [1.165, 1.54) is 0 Å². The van der Waals surface area contributed by atoms with Gasteiger partial charge in [-0.3, -0.25) is 4.90 Å². The summed E-state index contributed by atoms with van der Waals surface area (Å²) in [5.41, 5.74) is 1.94. The standard InChI is InChI=1S/C16H25FN2O/c1-13(2)10-18-11-14-3-4-16(17)15(9-14)12-19-5-7-20-8-6-19/h3-4,9,13,18H,5-8,10-12H2,1-2H3. The molecule has 112 valence electrons. The number of hydrogen-bond donors (Lipinski definition) is 1. The number of hydrogen-bond acceptors (Lipinski definition) is 3. The number of halogens is 1. The molecule has 2 rings (SSSR count). The van der Waals surface area contributed by atoms with Gasteiger partial charge >= 0.3 is 0 Å². The molecule has 1 aliphatic rings. The lowest BCUT2D eigenvalue weighted by Gasteiger charge is -2.26.